The number of aromatic nitrogens is 3. The van der Waals surface area contributed by atoms with Crippen LogP contribution in [0.5, 0.6) is 0 Å². The van der Waals surface area contributed by atoms with Crippen LogP contribution >= 0.6 is 0 Å². The zero-order valence-corrected chi connectivity index (χ0v) is 17.4. The van der Waals surface area contributed by atoms with Gasteiger partial charge in [0.15, 0.2) is 0 Å². The predicted molar refractivity (Wildman–Crippen MR) is 118 cm³/mol. The van der Waals surface area contributed by atoms with Crippen molar-refractivity contribution in [2.24, 2.45) is 5.41 Å². The molecule has 0 fully saturated rings. The lowest BCUT2D eigenvalue weighted by atomic mass is 9.75. The SMILES string of the molecule is CC(C)(C)C1=CC2c3cc(-c4nn[nH]c4Cc4ccccc4)ccc3NC2CC1. The zero-order valence-electron chi connectivity index (χ0n) is 17.4. The van der Waals surface area contributed by atoms with Crippen molar-refractivity contribution in [2.45, 2.75) is 52.0 Å². The van der Waals surface area contributed by atoms with E-state index in [1.54, 1.807) is 5.57 Å². The Bertz CT molecular complexity index is 1060. The van der Waals surface area contributed by atoms with Gasteiger partial charge in [0.2, 0.25) is 0 Å². The Hall–Kier alpha value is -2.88. The summed E-state index contributed by atoms with van der Waals surface area (Å²) in [5.41, 5.74) is 8.88. The second-order valence-corrected chi connectivity index (χ2v) is 9.36. The summed E-state index contributed by atoms with van der Waals surface area (Å²) in [6.45, 7) is 6.97. The van der Waals surface area contributed by atoms with Gasteiger partial charge >= 0.3 is 0 Å². The Morgan fingerprint density at radius 3 is 2.69 bits per heavy atom. The van der Waals surface area contributed by atoms with E-state index in [-0.39, 0.29) is 5.41 Å². The van der Waals surface area contributed by atoms with E-state index in [0.717, 1.165) is 23.4 Å². The standard InChI is InChI=1S/C25H28N4/c1-25(2,3)18-10-12-22-20(15-18)19-14-17(9-11-21(19)26-22)24-23(27-29-28-24)13-16-7-5-4-6-8-16/h4-9,11,14-15,20,22,26H,10,12-13H2,1-3H3,(H,27,28,29). The highest BCUT2D eigenvalue weighted by Crippen LogP contribution is 2.46. The van der Waals surface area contributed by atoms with Crippen molar-refractivity contribution in [3.8, 4) is 11.3 Å². The number of anilines is 1. The number of H-pyrrole nitrogens is 1. The largest absolute Gasteiger partial charge is 0.381 e. The van der Waals surface area contributed by atoms with Crippen LogP contribution in [0.1, 0.15) is 56.4 Å². The van der Waals surface area contributed by atoms with Crippen molar-refractivity contribution in [1.82, 2.24) is 15.4 Å². The molecule has 2 unspecified atom stereocenters. The molecule has 0 spiro atoms. The smallest absolute Gasteiger partial charge is 0.116 e. The molecule has 1 aliphatic carbocycles. The summed E-state index contributed by atoms with van der Waals surface area (Å²) in [4.78, 5) is 0. The molecule has 0 saturated heterocycles. The van der Waals surface area contributed by atoms with Crippen molar-refractivity contribution in [3.63, 3.8) is 0 Å². The van der Waals surface area contributed by atoms with Gasteiger partial charge in [0.1, 0.15) is 5.69 Å². The zero-order chi connectivity index (χ0) is 20.0. The topological polar surface area (TPSA) is 53.6 Å². The molecule has 148 valence electrons. The van der Waals surface area contributed by atoms with E-state index in [4.69, 9.17) is 0 Å². The predicted octanol–water partition coefficient (Wildman–Crippen LogP) is 5.71. The number of rotatable bonds is 3. The number of fused-ring (bicyclic) bond motifs is 3. The minimum absolute atomic E-state index is 0.236. The molecule has 3 aromatic rings. The van der Waals surface area contributed by atoms with Crippen LogP contribution in [0.2, 0.25) is 0 Å². The molecule has 2 atom stereocenters. The van der Waals surface area contributed by atoms with E-state index in [9.17, 15) is 0 Å². The van der Waals surface area contributed by atoms with Crippen LogP contribution in [-0.2, 0) is 6.42 Å². The Labute approximate surface area is 172 Å². The molecule has 2 heterocycles. The average molecular weight is 385 g/mol. The van der Waals surface area contributed by atoms with E-state index in [1.807, 2.05) is 6.07 Å². The van der Waals surface area contributed by atoms with Crippen LogP contribution in [0.25, 0.3) is 11.3 Å². The van der Waals surface area contributed by atoms with E-state index >= 15 is 0 Å². The lowest BCUT2D eigenvalue weighted by Gasteiger charge is -2.32. The van der Waals surface area contributed by atoms with Crippen LogP contribution in [-0.4, -0.2) is 21.5 Å². The van der Waals surface area contributed by atoms with Gasteiger partial charge in [-0.25, -0.2) is 0 Å². The fourth-order valence-electron chi connectivity index (χ4n) is 4.72. The van der Waals surface area contributed by atoms with Gasteiger partial charge in [-0.2, -0.15) is 0 Å². The lowest BCUT2D eigenvalue weighted by Crippen LogP contribution is -2.26. The molecule has 0 radical (unpaired) electrons. The summed E-state index contributed by atoms with van der Waals surface area (Å²) in [6.07, 6.45) is 5.70. The number of hydrogen-bond donors (Lipinski definition) is 2. The Morgan fingerprint density at radius 1 is 1.07 bits per heavy atom. The van der Waals surface area contributed by atoms with Gasteiger partial charge in [0.25, 0.3) is 0 Å². The minimum Gasteiger partial charge on any atom is -0.381 e. The first-order valence-electron chi connectivity index (χ1n) is 10.5. The quantitative estimate of drug-likeness (QED) is 0.569. The van der Waals surface area contributed by atoms with E-state index in [0.29, 0.717) is 12.0 Å². The number of nitrogens with one attached hydrogen (secondary N) is 2. The Balaban J connectivity index is 1.50. The third-order valence-corrected chi connectivity index (χ3v) is 6.37. The molecule has 2 aliphatic rings. The molecule has 5 rings (SSSR count). The second-order valence-electron chi connectivity index (χ2n) is 9.36. The van der Waals surface area contributed by atoms with Gasteiger partial charge in [0, 0.05) is 29.6 Å². The monoisotopic (exact) mass is 384 g/mol. The van der Waals surface area contributed by atoms with E-state index in [1.165, 1.54) is 29.7 Å². The lowest BCUT2D eigenvalue weighted by molar-refractivity contribution is 0.442. The van der Waals surface area contributed by atoms with Gasteiger partial charge < -0.3 is 5.32 Å². The van der Waals surface area contributed by atoms with Crippen molar-refractivity contribution in [3.05, 3.63) is 77.0 Å². The molecular formula is C25H28N4. The van der Waals surface area contributed by atoms with Crippen molar-refractivity contribution in [2.75, 3.05) is 5.32 Å². The van der Waals surface area contributed by atoms with Gasteiger partial charge in [-0.15, -0.1) is 5.10 Å². The second kappa shape index (κ2) is 6.87. The van der Waals surface area contributed by atoms with Gasteiger partial charge in [-0.3, -0.25) is 5.10 Å². The summed E-state index contributed by atoms with van der Waals surface area (Å²) in [6, 6.07) is 17.7. The molecule has 0 bridgehead atoms. The number of hydrogen-bond acceptors (Lipinski definition) is 3. The molecule has 4 heteroatoms. The molecule has 29 heavy (non-hydrogen) atoms. The third kappa shape index (κ3) is 3.37. The Kier molecular flexibility index (Phi) is 4.30. The summed E-state index contributed by atoms with van der Waals surface area (Å²) in [5.74, 6) is 0.442. The van der Waals surface area contributed by atoms with Crippen LogP contribution < -0.4 is 5.32 Å². The third-order valence-electron chi connectivity index (χ3n) is 6.37. The van der Waals surface area contributed by atoms with E-state index < -0.39 is 0 Å². The first-order valence-corrected chi connectivity index (χ1v) is 10.5. The number of allylic oxidation sites excluding steroid dienone is 1. The normalized spacial score (nSPS) is 20.6. The minimum atomic E-state index is 0.236. The molecule has 2 aromatic carbocycles. The molecule has 4 nitrogen and oxygen atoms in total. The van der Waals surface area contributed by atoms with Crippen LogP contribution in [0.4, 0.5) is 5.69 Å². The van der Waals surface area contributed by atoms with Gasteiger partial charge in [-0.1, -0.05) is 74.0 Å². The fourth-order valence-corrected chi connectivity index (χ4v) is 4.72. The number of aromatic amines is 1. The summed E-state index contributed by atoms with van der Waals surface area (Å²) in [5, 5.41) is 15.4. The molecule has 0 amide bonds. The summed E-state index contributed by atoms with van der Waals surface area (Å²) < 4.78 is 0. The van der Waals surface area contributed by atoms with E-state index in [2.05, 4.69) is 90.0 Å². The maximum atomic E-state index is 4.42. The number of benzene rings is 2. The molecule has 2 N–H and O–H groups in total. The maximum Gasteiger partial charge on any atom is 0.116 e. The highest BCUT2D eigenvalue weighted by atomic mass is 15.3. The highest BCUT2D eigenvalue weighted by molar-refractivity contribution is 5.71. The summed E-state index contributed by atoms with van der Waals surface area (Å²) >= 11 is 0. The Morgan fingerprint density at radius 2 is 1.90 bits per heavy atom. The average Bonchev–Trinajstić information content (AvgIpc) is 3.31. The maximum absolute atomic E-state index is 4.42. The van der Waals surface area contributed by atoms with Crippen LogP contribution in [0.15, 0.2) is 60.2 Å². The molecule has 1 aliphatic heterocycles. The molecular weight excluding hydrogens is 356 g/mol. The van der Waals surface area contributed by atoms with Crippen molar-refractivity contribution in [1.29, 1.82) is 0 Å². The van der Waals surface area contributed by atoms with Crippen molar-refractivity contribution < 1.29 is 0 Å². The van der Waals surface area contributed by atoms with Crippen molar-refractivity contribution >= 4 is 5.69 Å². The van der Waals surface area contributed by atoms with Gasteiger partial charge in [0.05, 0.1) is 5.69 Å². The van der Waals surface area contributed by atoms with Crippen LogP contribution in [0.3, 0.4) is 0 Å². The van der Waals surface area contributed by atoms with Crippen LogP contribution in [0, 0.1) is 5.41 Å². The highest BCUT2D eigenvalue weighted by Gasteiger charge is 2.35. The first kappa shape index (κ1) is 18.2. The fraction of sp³-hybridized carbons (Fsp3) is 0.360. The first-order chi connectivity index (χ1) is 14.0. The van der Waals surface area contributed by atoms with Gasteiger partial charge in [-0.05, 0) is 41.5 Å². The molecule has 1 aromatic heterocycles. The number of nitrogens with zero attached hydrogens (tertiary/aromatic N) is 2. The molecule has 0 saturated carbocycles. The summed E-state index contributed by atoms with van der Waals surface area (Å²) in [7, 11) is 0.